The summed E-state index contributed by atoms with van der Waals surface area (Å²) in [5.74, 6) is 1.47. The first-order valence-electron chi connectivity index (χ1n) is 12.4. The number of carbonyl (C=O) groups is 1. The molecule has 4 rings (SSSR count). The molecule has 2 N–H and O–H groups in total. The molecule has 0 radical (unpaired) electrons. The molecule has 8 heteroatoms. The van der Waals surface area contributed by atoms with Gasteiger partial charge in [-0.05, 0) is 54.4 Å². The van der Waals surface area contributed by atoms with Crippen LogP contribution >= 0.6 is 0 Å². The van der Waals surface area contributed by atoms with Crippen LogP contribution in [0.25, 0.3) is 0 Å². The predicted octanol–water partition coefficient (Wildman–Crippen LogP) is 5.71. The molecule has 1 heterocycles. The lowest BCUT2D eigenvalue weighted by atomic mass is 9.83. The SMILES string of the molecule is CCCCCOc1ccc(C2C(C#N)=C(N)Oc3cc(OC(=O)c4ccc(OC)cc4)ccc32)cc1OC. The summed E-state index contributed by atoms with van der Waals surface area (Å²) in [6, 6.07) is 19.4. The Morgan fingerprint density at radius 2 is 1.74 bits per heavy atom. The third-order valence-electron chi connectivity index (χ3n) is 6.25. The van der Waals surface area contributed by atoms with E-state index in [9.17, 15) is 10.1 Å². The number of fused-ring (bicyclic) bond motifs is 1. The minimum Gasteiger partial charge on any atom is -0.497 e. The predicted molar refractivity (Wildman–Crippen MR) is 142 cm³/mol. The fourth-order valence-corrected chi connectivity index (χ4v) is 4.25. The number of rotatable bonds is 10. The quantitative estimate of drug-likeness (QED) is 0.208. The Morgan fingerprint density at radius 3 is 2.42 bits per heavy atom. The van der Waals surface area contributed by atoms with Crippen LogP contribution in [0.15, 0.2) is 72.1 Å². The van der Waals surface area contributed by atoms with Crippen molar-refractivity contribution >= 4 is 5.97 Å². The smallest absolute Gasteiger partial charge is 0.343 e. The van der Waals surface area contributed by atoms with Crippen molar-refractivity contribution in [1.29, 1.82) is 5.26 Å². The van der Waals surface area contributed by atoms with Crippen LogP contribution in [0.3, 0.4) is 0 Å². The largest absolute Gasteiger partial charge is 0.497 e. The Bertz CT molecular complexity index is 1370. The summed E-state index contributed by atoms with van der Waals surface area (Å²) >= 11 is 0. The van der Waals surface area contributed by atoms with Crippen molar-refractivity contribution in [3.05, 3.63) is 88.8 Å². The third kappa shape index (κ3) is 5.68. The maximum atomic E-state index is 12.6. The number of methoxy groups -OCH3 is 2. The fourth-order valence-electron chi connectivity index (χ4n) is 4.25. The number of nitrogens with zero attached hydrogens (tertiary/aromatic N) is 1. The molecule has 8 nitrogen and oxygen atoms in total. The van der Waals surface area contributed by atoms with Gasteiger partial charge >= 0.3 is 5.97 Å². The summed E-state index contributed by atoms with van der Waals surface area (Å²) in [6.07, 6.45) is 3.15. The molecule has 0 aromatic heterocycles. The first kappa shape index (κ1) is 26.4. The van der Waals surface area contributed by atoms with Gasteiger partial charge in [0.25, 0.3) is 0 Å². The van der Waals surface area contributed by atoms with Crippen molar-refractivity contribution < 1.29 is 28.5 Å². The maximum Gasteiger partial charge on any atom is 0.343 e. The molecule has 0 fully saturated rings. The monoisotopic (exact) mass is 514 g/mol. The summed E-state index contributed by atoms with van der Waals surface area (Å²) < 4.78 is 28.0. The van der Waals surface area contributed by atoms with Gasteiger partial charge in [-0.15, -0.1) is 0 Å². The van der Waals surface area contributed by atoms with E-state index in [2.05, 4.69) is 13.0 Å². The summed E-state index contributed by atoms with van der Waals surface area (Å²) in [7, 11) is 3.13. The van der Waals surface area contributed by atoms with E-state index in [1.165, 1.54) is 0 Å². The lowest BCUT2D eigenvalue weighted by Gasteiger charge is -2.27. The number of carbonyl (C=O) groups excluding carboxylic acids is 1. The van der Waals surface area contributed by atoms with Crippen LogP contribution in [0.5, 0.6) is 28.7 Å². The van der Waals surface area contributed by atoms with E-state index in [0.29, 0.717) is 40.7 Å². The van der Waals surface area contributed by atoms with E-state index in [4.69, 9.17) is 29.4 Å². The molecule has 3 aromatic rings. The van der Waals surface area contributed by atoms with Gasteiger partial charge in [0.05, 0.1) is 32.3 Å². The Balaban J connectivity index is 1.62. The van der Waals surface area contributed by atoms with Gasteiger partial charge in [-0.2, -0.15) is 5.26 Å². The van der Waals surface area contributed by atoms with Gasteiger partial charge < -0.3 is 29.4 Å². The first-order valence-corrected chi connectivity index (χ1v) is 12.4. The lowest BCUT2D eigenvalue weighted by Crippen LogP contribution is -2.21. The van der Waals surface area contributed by atoms with E-state index in [1.807, 2.05) is 18.2 Å². The summed E-state index contributed by atoms with van der Waals surface area (Å²) in [6.45, 7) is 2.74. The molecule has 0 amide bonds. The van der Waals surface area contributed by atoms with Crippen LogP contribution in [-0.4, -0.2) is 26.8 Å². The van der Waals surface area contributed by atoms with Gasteiger partial charge in [0.2, 0.25) is 5.88 Å². The molecule has 1 aliphatic heterocycles. The van der Waals surface area contributed by atoms with Gasteiger partial charge in [0, 0.05) is 11.6 Å². The van der Waals surface area contributed by atoms with E-state index >= 15 is 0 Å². The van der Waals surface area contributed by atoms with E-state index in [0.717, 1.165) is 24.8 Å². The molecule has 1 unspecified atom stereocenters. The second kappa shape index (κ2) is 12.1. The minimum atomic E-state index is -0.527. The summed E-state index contributed by atoms with van der Waals surface area (Å²) in [5.41, 5.74) is 8.30. The molecule has 0 saturated heterocycles. The highest BCUT2D eigenvalue weighted by Crippen LogP contribution is 2.45. The van der Waals surface area contributed by atoms with Crippen molar-refractivity contribution in [3.63, 3.8) is 0 Å². The highest BCUT2D eigenvalue weighted by molar-refractivity contribution is 5.91. The van der Waals surface area contributed by atoms with Crippen molar-refractivity contribution in [2.45, 2.75) is 32.1 Å². The van der Waals surface area contributed by atoms with Crippen LogP contribution in [0.1, 0.15) is 53.6 Å². The van der Waals surface area contributed by atoms with Gasteiger partial charge in [0.1, 0.15) is 28.9 Å². The number of nitriles is 1. The number of allylic oxidation sites excluding steroid dienone is 1. The van der Waals surface area contributed by atoms with Crippen LogP contribution in [0.2, 0.25) is 0 Å². The normalized spacial score (nSPS) is 14.1. The number of unbranched alkanes of at least 4 members (excludes halogenated alkanes) is 2. The Morgan fingerprint density at radius 1 is 0.974 bits per heavy atom. The average Bonchev–Trinajstić information content (AvgIpc) is 2.94. The second-order valence-electron chi connectivity index (χ2n) is 8.71. The molecule has 1 atom stereocenters. The standard InChI is InChI=1S/C30H30N2O6/c1-4-5-6-15-36-25-14-9-20(16-27(25)35-3)28-23-13-12-22(17-26(23)38-29(32)24(28)18-31)37-30(33)19-7-10-21(34-2)11-8-19/h7-14,16-17,28H,4-6,15,32H2,1-3H3. The van der Waals surface area contributed by atoms with Crippen LogP contribution in [-0.2, 0) is 0 Å². The molecule has 0 aliphatic carbocycles. The lowest BCUT2D eigenvalue weighted by molar-refractivity contribution is 0.0734. The molecule has 196 valence electrons. The molecule has 1 aliphatic rings. The zero-order chi connectivity index (χ0) is 27.1. The molecule has 38 heavy (non-hydrogen) atoms. The van der Waals surface area contributed by atoms with Gasteiger partial charge in [-0.1, -0.05) is 31.9 Å². The van der Waals surface area contributed by atoms with Crippen LogP contribution in [0, 0.1) is 11.3 Å². The molecular weight excluding hydrogens is 484 g/mol. The average molecular weight is 515 g/mol. The van der Waals surface area contributed by atoms with Gasteiger partial charge in [0.15, 0.2) is 11.5 Å². The highest BCUT2D eigenvalue weighted by atomic mass is 16.5. The highest BCUT2D eigenvalue weighted by Gasteiger charge is 2.32. The van der Waals surface area contributed by atoms with Crippen LogP contribution < -0.4 is 29.4 Å². The number of hydrogen-bond donors (Lipinski definition) is 1. The minimum absolute atomic E-state index is 0.0116. The van der Waals surface area contributed by atoms with Crippen molar-refractivity contribution in [3.8, 4) is 34.8 Å². The summed E-state index contributed by atoms with van der Waals surface area (Å²) in [4.78, 5) is 12.6. The molecule has 0 saturated carbocycles. The van der Waals surface area contributed by atoms with Gasteiger partial charge in [-0.25, -0.2) is 4.79 Å². The fraction of sp³-hybridized carbons (Fsp3) is 0.267. The third-order valence-corrected chi connectivity index (χ3v) is 6.25. The van der Waals surface area contributed by atoms with E-state index in [1.54, 1.807) is 56.7 Å². The Labute approximate surface area is 222 Å². The maximum absolute atomic E-state index is 12.6. The molecule has 0 bridgehead atoms. The van der Waals surface area contributed by atoms with Crippen LogP contribution in [0.4, 0.5) is 0 Å². The number of nitrogens with two attached hydrogens (primary N) is 1. The topological polar surface area (TPSA) is 113 Å². The zero-order valence-corrected chi connectivity index (χ0v) is 21.7. The van der Waals surface area contributed by atoms with E-state index < -0.39 is 11.9 Å². The zero-order valence-electron chi connectivity index (χ0n) is 21.7. The Hall–Kier alpha value is -4.64. The van der Waals surface area contributed by atoms with E-state index in [-0.39, 0.29) is 17.2 Å². The number of esters is 1. The number of ether oxygens (including phenoxy) is 5. The summed E-state index contributed by atoms with van der Waals surface area (Å²) in [5, 5.41) is 9.90. The first-order chi connectivity index (χ1) is 18.5. The van der Waals surface area contributed by atoms with Crippen molar-refractivity contribution in [1.82, 2.24) is 0 Å². The Kier molecular flexibility index (Phi) is 8.39. The van der Waals surface area contributed by atoms with Crippen molar-refractivity contribution in [2.75, 3.05) is 20.8 Å². The number of hydrogen-bond acceptors (Lipinski definition) is 8. The molecule has 3 aromatic carbocycles. The van der Waals surface area contributed by atoms with Gasteiger partial charge in [-0.3, -0.25) is 0 Å². The molecule has 0 spiro atoms. The second-order valence-corrected chi connectivity index (χ2v) is 8.71. The number of benzene rings is 3. The van der Waals surface area contributed by atoms with Crippen molar-refractivity contribution in [2.24, 2.45) is 5.73 Å². The molecular formula is C30H30N2O6.